The zero-order chi connectivity index (χ0) is 17.9. The van der Waals surface area contributed by atoms with Crippen molar-refractivity contribution in [3.05, 3.63) is 47.5 Å². The van der Waals surface area contributed by atoms with Gasteiger partial charge in [-0.1, -0.05) is 13.8 Å². The molecule has 2 aromatic carbocycles. The highest BCUT2D eigenvalue weighted by Gasteiger charge is 2.21. The molecule has 5 nitrogen and oxygen atoms in total. The fourth-order valence-electron chi connectivity index (χ4n) is 2.46. The molecule has 0 aromatic heterocycles. The van der Waals surface area contributed by atoms with Gasteiger partial charge in [-0.15, -0.1) is 0 Å². The predicted octanol–water partition coefficient (Wildman–Crippen LogP) is 3.94. The third-order valence-electron chi connectivity index (χ3n) is 3.78. The standard InChI is InChI=1S/C18H23NO4S/c1-12(2)16-11-18(13(3)10-17(16)23-5)24(20,21)19-14-6-8-15(22-4)9-7-14/h6-12,19H,1-5H3. The summed E-state index contributed by atoms with van der Waals surface area (Å²) in [6.45, 7) is 5.76. The van der Waals surface area contributed by atoms with E-state index in [1.54, 1.807) is 57.5 Å². The lowest BCUT2D eigenvalue weighted by Crippen LogP contribution is -2.15. The Hall–Kier alpha value is -2.21. The van der Waals surface area contributed by atoms with Crippen molar-refractivity contribution in [3.63, 3.8) is 0 Å². The molecule has 0 aliphatic rings. The molecule has 0 amide bonds. The first-order valence-corrected chi connectivity index (χ1v) is 9.12. The van der Waals surface area contributed by atoms with Gasteiger partial charge < -0.3 is 9.47 Å². The second-order valence-electron chi connectivity index (χ2n) is 5.85. The summed E-state index contributed by atoms with van der Waals surface area (Å²) in [5.74, 6) is 1.52. The van der Waals surface area contributed by atoms with Crippen LogP contribution in [-0.4, -0.2) is 22.6 Å². The average molecular weight is 349 g/mol. The fraction of sp³-hybridized carbons (Fsp3) is 0.333. The molecular weight excluding hydrogens is 326 g/mol. The third kappa shape index (κ3) is 3.82. The summed E-state index contributed by atoms with van der Waals surface area (Å²) in [5.41, 5.74) is 1.98. The van der Waals surface area contributed by atoms with E-state index in [1.807, 2.05) is 13.8 Å². The van der Waals surface area contributed by atoms with Crippen LogP contribution in [0.25, 0.3) is 0 Å². The maximum absolute atomic E-state index is 12.8. The molecule has 2 aromatic rings. The van der Waals surface area contributed by atoms with E-state index in [0.29, 0.717) is 22.7 Å². The second-order valence-corrected chi connectivity index (χ2v) is 7.50. The minimum Gasteiger partial charge on any atom is -0.497 e. The van der Waals surface area contributed by atoms with Crippen molar-refractivity contribution >= 4 is 15.7 Å². The molecule has 0 atom stereocenters. The molecule has 0 fully saturated rings. The largest absolute Gasteiger partial charge is 0.497 e. The molecule has 1 N–H and O–H groups in total. The van der Waals surface area contributed by atoms with Crippen LogP contribution in [0.5, 0.6) is 11.5 Å². The molecule has 0 saturated heterocycles. The molecule has 6 heteroatoms. The molecule has 0 spiro atoms. The smallest absolute Gasteiger partial charge is 0.262 e. The molecule has 0 radical (unpaired) electrons. The van der Waals surface area contributed by atoms with Crippen LogP contribution in [-0.2, 0) is 10.0 Å². The van der Waals surface area contributed by atoms with Crippen LogP contribution in [0.15, 0.2) is 41.3 Å². The van der Waals surface area contributed by atoms with E-state index in [4.69, 9.17) is 9.47 Å². The zero-order valence-corrected chi connectivity index (χ0v) is 15.4. The first kappa shape index (κ1) is 18.1. The Morgan fingerprint density at radius 2 is 1.62 bits per heavy atom. The van der Waals surface area contributed by atoms with Gasteiger partial charge in [0.15, 0.2) is 0 Å². The van der Waals surface area contributed by atoms with Crippen LogP contribution in [0.2, 0.25) is 0 Å². The van der Waals surface area contributed by atoms with Gasteiger partial charge in [0, 0.05) is 5.69 Å². The van der Waals surface area contributed by atoms with Crippen molar-refractivity contribution in [1.82, 2.24) is 0 Å². The van der Waals surface area contributed by atoms with Crippen molar-refractivity contribution in [1.29, 1.82) is 0 Å². The number of ether oxygens (including phenoxy) is 2. The summed E-state index contributed by atoms with van der Waals surface area (Å²) in [7, 11) is -0.540. The highest BCUT2D eigenvalue weighted by molar-refractivity contribution is 7.92. The van der Waals surface area contributed by atoms with Gasteiger partial charge in [-0.25, -0.2) is 8.42 Å². The number of aryl methyl sites for hydroxylation is 1. The van der Waals surface area contributed by atoms with Gasteiger partial charge in [0.25, 0.3) is 10.0 Å². The van der Waals surface area contributed by atoms with Gasteiger partial charge in [0.1, 0.15) is 11.5 Å². The van der Waals surface area contributed by atoms with Crippen LogP contribution in [0.4, 0.5) is 5.69 Å². The van der Waals surface area contributed by atoms with Gasteiger partial charge in [-0.05, 0) is 60.4 Å². The number of methoxy groups -OCH3 is 2. The zero-order valence-electron chi connectivity index (χ0n) is 14.6. The molecule has 0 saturated carbocycles. The van der Waals surface area contributed by atoms with Gasteiger partial charge in [-0.2, -0.15) is 0 Å². The number of rotatable bonds is 6. The number of nitrogens with one attached hydrogen (secondary N) is 1. The Bertz CT molecular complexity index is 812. The maximum Gasteiger partial charge on any atom is 0.262 e. The van der Waals surface area contributed by atoms with Gasteiger partial charge in [-0.3, -0.25) is 4.72 Å². The Morgan fingerprint density at radius 3 is 2.12 bits per heavy atom. The van der Waals surface area contributed by atoms with Crippen LogP contribution in [0.3, 0.4) is 0 Å². The van der Waals surface area contributed by atoms with Crippen molar-refractivity contribution < 1.29 is 17.9 Å². The highest BCUT2D eigenvalue weighted by Crippen LogP contribution is 2.32. The Labute approximate surface area is 143 Å². The van der Waals surface area contributed by atoms with Crippen molar-refractivity contribution in [2.45, 2.75) is 31.6 Å². The second kappa shape index (κ2) is 7.13. The lowest BCUT2D eigenvalue weighted by Gasteiger charge is -2.17. The van der Waals surface area contributed by atoms with E-state index in [1.165, 1.54) is 0 Å². The molecule has 0 aliphatic heterocycles. The molecular formula is C18H23NO4S. The number of hydrogen-bond acceptors (Lipinski definition) is 4. The predicted molar refractivity (Wildman–Crippen MR) is 95.6 cm³/mol. The average Bonchev–Trinajstić information content (AvgIpc) is 2.54. The SMILES string of the molecule is COc1ccc(NS(=O)(=O)c2cc(C(C)C)c(OC)cc2C)cc1. The van der Waals surface area contributed by atoms with E-state index >= 15 is 0 Å². The van der Waals surface area contributed by atoms with E-state index in [9.17, 15) is 8.42 Å². The Morgan fingerprint density at radius 1 is 1.00 bits per heavy atom. The van der Waals surface area contributed by atoms with Crippen molar-refractivity contribution in [2.75, 3.05) is 18.9 Å². The first-order chi connectivity index (χ1) is 11.3. The quantitative estimate of drug-likeness (QED) is 0.858. The minimum absolute atomic E-state index is 0.149. The molecule has 0 bridgehead atoms. The molecule has 130 valence electrons. The van der Waals surface area contributed by atoms with Gasteiger partial charge in [0.05, 0.1) is 19.1 Å². The number of sulfonamides is 1. The molecule has 24 heavy (non-hydrogen) atoms. The van der Waals surface area contributed by atoms with Crippen LogP contribution >= 0.6 is 0 Å². The Balaban J connectivity index is 2.42. The summed E-state index contributed by atoms with van der Waals surface area (Å²) >= 11 is 0. The van der Waals surface area contributed by atoms with E-state index < -0.39 is 10.0 Å². The monoisotopic (exact) mass is 349 g/mol. The summed E-state index contributed by atoms with van der Waals surface area (Å²) in [6, 6.07) is 10.2. The van der Waals surface area contributed by atoms with E-state index in [0.717, 1.165) is 5.56 Å². The number of hydrogen-bond donors (Lipinski definition) is 1. The normalized spacial score (nSPS) is 11.4. The topological polar surface area (TPSA) is 64.6 Å². The highest BCUT2D eigenvalue weighted by atomic mass is 32.2. The minimum atomic E-state index is -3.69. The van der Waals surface area contributed by atoms with Gasteiger partial charge >= 0.3 is 0 Å². The molecule has 0 aliphatic carbocycles. The lowest BCUT2D eigenvalue weighted by atomic mass is 10.0. The van der Waals surface area contributed by atoms with Crippen molar-refractivity contribution in [2.24, 2.45) is 0 Å². The summed E-state index contributed by atoms with van der Waals surface area (Å²) < 4.78 is 38.6. The van der Waals surface area contributed by atoms with Crippen LogP contribution in [0, 0.1) is 6.92 Å². The molecule has 2 rings (SSSR count). The van der Waals surface area contributed by atoms with Crippen LogP contribution < -0.4 is 14.2 Å². The van der Waals surface area contributed by atoms with Crippen LogP contribution in [0.1, 0.15) is 30.9 Å². The number of benzene rings is 2. The third-order valence-corrected chi connectivity index (χ3v) is 5.30. The first-order valence-electron chi connectivity index (χ1n) is 7.64. The maximum atomic E-state index is 12.8. The van der Waals surface area contributed by atoms with Gasteiger partial charge in [0.2, 0.25) is 0 Å². The summed E-state index contributed by atoms with van der Waals surface area (Å²) in [4.78, 5) is 0.253. The number of anilines is 1. The van der Waals surface area contributed by atoms with E-state index in [-0.39, 0.29) is 10.8 Å². The summed E-state index contributed by atoms with van der Waals surface area (Å²) in [5, 5.41) is 0. The fourth-order valence-corrected chi connectivity index (χ4v) is 3.79. The molecule has 0 heterocycles. The van der Waals surface area contributed by atoms with Crippen molar-refractivity contribution in [3.8, 4) is 11.5 Å². The molecule has 0 unspecified atom stereocenters. The lowest BCUT2D eigenvalue weighted by molar-refractivity contribution is 0.406. The van der Waals surface area contributed by atoms with E-state index in [2.05, 4.69) is 4.72 Å². The Kier molecular flexibility index (Phi) is 5.39. The summed E-state index contributed by atoms with van der Waals surface area (Å²) in [6.07, 6.45) is 0.